The first-order valence-corrected chi connectivity index (χ1v) is 13.1. The predicted octanol–water partition coefficient (Wildman–Crippen LogP) is 8.80. The molecule has 3 rings (SSSR count). The maximum absolute atomic E-state index is 6.01. The van der Waals surface area contributed by atoms with Crippen LogP contribution < -0.4 is 9.47 Å². The molecule has 34 heavy (non-hydrogen) atoms. The van der Waals surface area contributed by atoms with Crippen molar-refractivity contribution in [3.8, 4) is 28.6 Å². The molecule has 0 aliphatic heterocycles. The zero-order valence-corrected chi connectivity index (χ0v) is 21.0. The fourth-order valence-corrected chi connectivity index (χ4v) is 3.90. The lowest BCUT2D eigenvalue weighted by molar-refractivity contribution is 0.302. The van der Waals surface area contributed by atoms with Crippen molar-refractivity contribution in [1.29, 1.82) is 0 Å². The second kappa shape index (κ2) is 15.1. The molecular weight excluding hydrogens is 420 g/mol. The Bertz CT molecular complexity index is 922. The lowest BCUT2D eigenvalue weighted by atomic mass is 10.1. The molecule has 0 fully saturated rings. The summed E-state index contributed by atoms with van der Waals surface area (Å²) in [6, 6.07) is 16.3. The van der Waals surface area contributed by atoms with Gasteiger partial charge in [0.15, 0.2) is 11.6 Å². The molecule has 0 saturated heterocycles. The SMILES string of the molecule is CCCCCCCCOc1cnc(-c2ccc(Oc3ccc(CCCCCC)cc3)cc2)nc1. The van der Waals surface area contributed by atoms with Crippen molar-refractivity contribution in [2.24, 2.45) is 0 Å². The summed E-state index contributed by atoms with van der Waals surface area (Å²) >= 11 is 0. The highest BCUT2D eigenvalue weighted by Gasteiger charge is 2.04. The number of hydrogen-bond acceptors (Lipinski definition) is 4. The second-order valence-electron chi connectivity index (χ2n) is 8.94. The Labute approximate surface area is 205 Å². The van der Waals surface area contributed by atoms with E-state index in [1.54, 1.807) is 12.4 Å². The summed E-state index contributed by atoms with van der Waals surface area (Å²) in [5.41, 5.74) is 2.33. The van der Waals surface area contributed by atoms with Gasteiger partial charge in [0.2, 0.25) is 0 Å². The van der Waals surface area contributed by atoms with Crippen LogP contribution in [-0.4, -0.2) is 16.6 Å². The Balaban J connectivity index is 1.43. The number of aromatic nitrogens is 2. The highest BCUT2D eigenvalue weighted by molar-refractivity contribution is 5.56. The zero-order chi connectivity index (χ0) is 23.8. The van der Waals surface area contributed by atoms with Gasteiger partial charge in [0, 0.05) is 5.56 Å². The van der Waals surface area contributed by atoms with Crippen molar-refractivity contribution in [3.05, 3.63) is 66.5 Å². The average molecular weight is 461 g/mol. The molecule has 0 saturated carbocycles. The van der Waals surface area contributed by atoms with E-state index in [9.17, 15) is 0 Å². The van der Waals surface area contributed by atoms with Crippen LogP contribution in [0.4, 0.5) is 0 Å². The highest BCUT2D eigenvalue weighted by Crippen LogP contribution is 2.25. The van der Waals surface area contributed by atoms with Crippen LogP contribution in [0, 0.1) is 0 Å². The topological polar surface area (TPSA) is 44.2 Å². The van der Waals surface area contributed by atoms with Crippen molar-refractivity contribution >= 4 is 0 Å². The van der Waals surface area contributed by atoms with Gasteiger partial charge < -0.3 is 9.47 Å². The van der Waals surface area contributed by atoms with E-state index in [-0.39, 0.29) is 0 Å². The highest BCUT2D eigenvalue weighted by atomic mass is 16.5. The van der Waals surface area contributed by atoms with Crippen LogP contribution in [0.15, 0.2) is 60.9 Å². The van der Waals surface area contributed by atoms with E-state index in [0.29, 0.717) is 5.82 Å². The quantitative estimate of drug-likeness (QED) is 0.200. The Kier molecular flexibility index (Phi) is 11.4. The minimum atomic E-state index is 0.686. The number of nitrogens with zero attached hydrogens (tertiary/aromatic N) is 2. The van der Waals surface area contributed by atoms with E-state index in [4.69, 9.17) is 9.47 Å². The van der Waals surface area contributed by atoms with E-state index < -0.39 is 0 Å². The van der Waals surface area contributed by atoms with Gasteiger partial charge in [-0.15, -0.1) is 0 Å². The van der Waals surface area contributed by atoms with Crippen LogP contribution in [0.5, 0.6) is 17.2 Å². The first-order valence-electron chi connectivity index (χ1n) is 13.1. The average Bonchev–Trinajstić information content (AvgIpc) is 2.88. The van der Waals surface area contributed by atoms with Gasteiger partial charge in [-0.25, -0.2) is 9.97 Å². The molecule has 0 bridgehead atoms. The lowest BCUT2D eigenvalue weighted by Crippen LogP contribution is -1.99. The van der Waals surface area contributed by atoms with Crippen LogP contribution in [0.25, 0.3) is 11.4 Å². The van der Waals surface area contributed by atoms with Gasteiger partial charge in [-0.05, 0) is 61.2 Å². The van der Waals surface area contributed by atoms with Crippen molar-refractivity contribution in [2.45, 2.75) is 84.5 Å². The molecule has 4 nitrogen and oxygen atoms in total. The maximum Gasteiger partial charge on any atom is 0.159 e. The summed E-state index contributed by atoms with van der Waals surface area (Å²) < 4.78 is 11.8. The number of benzene rings is 2. The molecule has 4 heteroatoms. The molecule has 0 atom stereocenters. The minimum absolute atomic E-state index is 0.686. The molecule has 0 amide bonds. The van der Waals surface area contributed by atoms with Crippen LogP contribution in [-0.2, 0) is 6.42 Å². The first kappa shape index (κ1) is 25.7. The predicted molar refractivity (Wildman–Crippen MR) is 141 cm³/mol. The summed E-state index contributed by atoms with van der Waals surface area (Å²) in [7, 11) is 0. The molecule has 0 spiro atoms. The van der Waals surface area contributed by atoms with Crippen LogP contribution >= 0.6 is 0 Å². The van der Waals surface area contributed by atoms with Gasteiger partial charge in [0.1, 0.15) is 11.5 Å². The molecule has 2 aromatic carbocycles. The number of rotatable bonds is 16. The van der Waals surface area contributed by atoms with Crippen molar-refractivity contribution in [3.63, 3.8) is 0 Å². The van der Waals surface area contributed by atoms with E-state index in [2.05, 4.69) is 48.1 Å². The summed E-state index contributed by atoms with van der Waals surface area (Å²) in [6.45, 7) is 5.21. The third-order valence-electron chi connectivity index (χ3n) is 5.99. The van der Waals surface area contributed by atoms with Gasteiger partial charge in [-0.1, -0.05) is 77.3 Å². The van der Waals surface area contributed by atoms with E-state index >= 15 is 0 Å². The van der Waals surface area contributed by atoms with E-state index in [0.717, 1.165) is 42.3 Å². The molecule has 1 heterocycles. The van der Waals surface area contributed by atoms with Crippen LogP contribution in [0.3, 0.4) is 0 Å². The lowest BCUT2D eigenvalue weighted by Gasteiger charge is -2.08. The maximum atomic E-state index is 6.01. The number of hydrogen-bond donors (Lipinski definition) is 0. The van der Waals surface area contributed by atoms with Crippen LogP contribution in [0.1, 0.15) is 83.6 Å². The Morgan fingerprint density at radius 1 is 0.588 bits per heavy atom. The molecule has 0 unspecified atom stereocenters. The molecule has 0 N–H and O–H groups in total. The normalized spacial score (nSPS) is 10.9. The molecule has 0 radical (unpaired) electrons. The summed E-state index contributed by atoms with van der Waals surface area (Å²) in [5.74, 6) is 3.07. The fraction of sp³-hybridized carbons (Fsp3) is 0.467. The standard InChI is InChI=1S/C30H40N2O2/c1-3-5-7-9-10-12-22-33-29-23-31-30(32-24-29)26-16-20-28(21-17-26)34-27-18-14-25(15-19-27)13-11-8-6-4-2/h14-21,23-24H,3-13,22H2,1-2H3. The third-order valence-corrected chi connectivity index (χ3v) is 5.99. The van der Waals surface area contributed by atoms with E-state index in [1.807, 2.05) is 24.3 Å². The monoisotopic (exact) mass is 460 g/mol. The minimum Gasteiger partial charge on any atom is -0.490 e. The Hall–Kier alpha value is -2.88. The molecule has 0 aliphatic carbocycles. The zero-order valence-electron chi connectivity index (χ0n) is 21.0. The van der Waals surface area contributed by atoms with Gasteiger partial charge >= 0.3 is 0 Å². The molecule has 1 aromatic heterocycles. The first-order chi connectivity index (χ1) is 16.8. The van der Waals surface area contributed by atoms with Crippen molar-refractivity contribution < 1.29 is 9.47 Å². The Morgan fingerprint density at radius 2 is 1.15 bits per heavy atom. The molecule has 182 valence electrons. The smallest absolute Gasteiger partial charge is 0.159 e. The largest absolute Gasteiger partial charge is 0.490 e. The molecule has 0 aliphatic rings. The summed E-state index contributed by atoms with van der Waals surface area (Å²) in [4.78, 5) is 8.94. The second-order valence-corrected chi connectivity index (χ2v) is 8.94. The van der Waals surface area contributed by atoms with Gasteiger partial charge in [-0.3, -0.25) is 0 Å². The molecular formula is C30H40N2O2. The van der Waals surface area contributed by atoms with Gasteiger partial charge in [0.25, 0.3) is 0 Å². The van der Waals surface area contributed by atoms with Gasteiger partial charge in [-0.2, -0.15) is 0 Å². The fourth-order valence-electron chi connectivity index (χ4n) is 3.90. The van der Waals surface area contributed by atoms with Crippen molar-refractivity contribution in [2.75, 3.05) is 6.61 Å². The van der Waals surface area contributed by atoms with Crippen molar-refractivity contribution in [1.82, 2.24) is 9.97 Å². The summed E-state index contributed by atoms with van der Waals surface area (Å²) in [6.07, 6.45) is 17.3. The summed E-state index contributed by atoms with van der Waals surface area (Å²) in [5, 5.41) is 0. The Morgan fingerprint density at radius 3 is 1.79 bits per heavy atom. The van der Waals surface area contributed by atoms with E-state index in [1.165, 1.54) is 63.4 Å². The number of aryl methyl sites for hydroxylation is 1. The molecule has 3 aromatic rings. The third kappa shape index (κ3) is 9.17. The number of ether oxygens (including phenoxy) is 2. The van der Waals surface area contributed by atoms with Crippen LogP contribution in [0.2, 0.25) is 0 Å². The van der Waals surface area contributed by atoms with Gasteiger partial charge in [0.05, 0.1) is 19.0 Å². The number of unbranched alkanes of at least 4 members (excludes halogenated alkanes) is 8.